The first kappa shape index (κ1) is 15.8. The largest absolute Gasteiger partial charge is 0.480 e. The standard InChI is InChI=1S/C20H17N5O/c1-26-20-16(21)11-15(12-23-20)18-17(13-7-9-22-10-8-13)24-19(25-18)14-5-3-2-4-6-14/h2-12H,21H2,1H3,(H,24,25). The summed E-state index contributed by atoms with van der Waals surface area (Å²) < 4.78 is 5.15. The van der Waals surface area contributed by atoms with Crippen LogP contribution in [0.4, 0.5) is 5.69 Å². The van der Waals surface area contributed by atoms with Crippen molar-refractivity contribution in [2.45, 2.75) is 0 Å². The highest BCUT2D eigenvalue weighted by Crippen LogP contribution is 2.34. The minimum atomic E-state index is 0.401. The summed E-state index contributed by atoms with van der Waals surface area (Å²) in [6, 6.07) is 15.7. The van der Waals surface area contributed by atoms with Gasteiger partial charge in [-0.3, -0.25) is 4.98 Å². The third-order valence-electron chi connectivity index (χ3n) is 4.07. The summed E-state index contributed by atoms with van der Waals surface area (Å²) in [6.07, 6.45) is 5.22. The molecule has 1 aromatic carbocycles. The number of imidazole rings is 1. The van der Waals surface area contributed by atoms with E-state index in [0.29, 0.717) is 11.6 Å². The Labute approximate surface area is 150 Å². The maximum Gasteiger partial charge on any atom is 0.236 e. The monoisotopic (exact) mass is 343 g/mol. The van der Waals surface area contributed by atoms with Crippen LogP contribution in [0, 0.1) is 0 Å². The van der Waals surface area contributed by atoms with Gasteiger partial charge in [0.25, 0.3) is 0 Å². The SMILES string of the molecule is COc1ncc(-c2nc(-c3ccccc3)[nH]c2-c2ccncc2)cc1N. The van der Waals surface area contributed by atoms with Gasteiger partial charge in [0.1, 0.15) is 5.82 Å². The fourth-order valence-corrected chi connectivity index (χ4v) is 2.81. The van der Waals surface area contributed by atoms with Gasteiger partial charge in [-0.2, -0.15) is 0 Å². The number of nitrogens with one attached hydrogen (secondary N) is 1. The van der Waals surface area contributed by atoms with Crippen molar-refractivity contribution in [3.63, 3.8) is 0 Å². The highest BCUT2D eigenvalue weighted by Gasteiger charge is 2.16. The van der Waals surface area contributed by atoms with Crippen LogP contribution in [0.25, 0.3) is 33.9 Å². The number of nitrogens with zero attached hydrogens (tertiary/aromatic N) is 3. The molecule has 0 amide bonds. The van der Waals surface area contributed by atoms with E-state index >= 15 is 0 Å². The summed E-state index contributed by atoms with van der Waals surface area (Å²) in [4.78, 5) is 16.6. The second kappa shape index (κ2) is 6.68. The Bertz CT molecular complexity index is 1030. The number of methoxy groups -OCH3 is 1. The van der Waals surface area contributed by atoms with Crippen molar-refractivity contribution in [2.75, 3.05) is 12.8 Å². The quantitative estimate of drug-likeness (QED) is 0.588. The number of ether oxygens (including phenoxy) is 1. The summed E-state index contributed by atoms with van der Waals surface area (Å²) in [7, 11) is 1.54. The van der Waals surface area contributed by atoms with E-state index in [2.05, 4.69) is 15.0 Å². The second-order valence-corrected chi connectivity index (χ2v) is 5.73. The molecule has 3 heterocycles. The Kier molecular flexibility index (Phi) is 4.07. The molecule has 0 atom stereocenters. The van der Waals surface area contributed by atoms with E-state index in [0.717, 1.165) is 33.9 Å². The van der Waals surface area contributed by atoms with Crippen LogP contribution in [0.1, 0.15) is 0 Å². The van der Waals surface area contributed by atoms with Gasteiger partial charge in [0.2, 0.25) is 5.88 Å². The Balaban J connectivity index is 1.90. The van der Waals surface area contributed by atoms with Crippen molar-refractivity contribution in [3.05, 3.63) is 67.1 Å². The average molecular weight is 343 g/mol. The zero-order valence-electron chi connectivity index (χ0n) is 14.2. The summed E-state index contributed by atoms with van der Waals surface area (Å²) in [6.45, 7) is 0. The number of hydrogen-bond acceptors (Lipinski definition) is 5. The van der Waals surface area contributed by atoms with Crippen molar-refractivity contribution in [1.29, 1.82) is 0 Å². The number of nitrogens with two attached hydrogens (primary N) is 1. The lowest BCUT2D eigenvalue weighted by atomic mass is 10.1. The number of pyridine rings is 2. The van der Waals surface area contributed by atoms with Crippen LogP contribution in [0.15, 0.2) is 67.1 Å². The predicted molar refractivity (Wildman–Crippen MR) is 101 cm³/mol. The van der Waals surface area contributed by atoms with Crippen molar-refractivity contribution in [2.24, 2.45) is 0 Å². The lowest BCUT2D eigenvalue weighted by molar-refractivity contribution is 0.400. The molecular formula is C20H17N5O. The number of aromatic nitrogens is 4. The fraction of sp³-hybridized carbons (Fsp3) is 0.0500. The minimum Gasteiger partial charge on any atom is -0.480 e. The molecule has 0 unspecified atom stereocenters. The molecule has 0 aliphatic carbocycles. The Morgan fingerprint density at radius 1 is 0.962 bits per heavy atom. The van der Waals surface area contributed by atoms with Gasteiger partial charge in [0.05, 0.1) is 24.2 Å². The Morgan fingerprint density at radius 3 is 2.42 bits per heavy atom. The number of hydrogen-bond donors (Lipinski definition) is 2. The van der Waals surface area contributed by atoms with Crippen molar-refractivity contribution < 1.29 is 4.74 Å². The normalized spacial score (nSPS) is 10.7. The van der Waals surface area contributed by atoms with E-state index in [9.17, 15) is 0 Å². The molecule has 6 nitrogen and oxygen atoms in total. The third kappa shape index (κ3) is 2.88. The third-order valence-corrected chi connectivity index (χ3v) is 4.07. The molecule has 0 saturated heterocycles. The highest BCUT2D eigenvalue weighted by atomic mass is 16.5. The van der Waals surface area contributed by atoms with Gasteiger partial charge in [-0.1, -0.05) is 30.3 Å². The fourth-order valence-electron chi connectivity index (χ4n) is 2.81. The predicted octanol–water partition coefficient (Wildman–Crippen LogP) is 3.79. The van der Waals surface area contributed by atoms with Crippen LogP contribution in [-0.4, -0.2) is 27.0 Å². The Morgan fingerprint density at radius 2 is 1.73 bits per heavy atom. The molecular weight excluding hydrogens is 326 g/mol. The van der Waals surface area contributed by atoms with E-state index < -0.39 is 0 Å². The van der Waals surface area contributed by atoms with Crippen molar-refractivity contribution in [1.82, 2.24) is 19.9 Å². The molecule has 128 valence electrons. The number of anilines is 1. The maximum atomic E-state index is 6.04. The van der Waals surface area contributed by atoms with Crippen molar-refractivity contribution >= 4 is 5.69 Å². The van der Waals surface area contributed by atoms with Gasteiger partial charge in [0, 0.05) is 35.3 Å². The van der Waals surface area contributed by atoms with Crippen LogP contribution in [-0.2, 0) is 0 Å². The van der Waals surface area contributed by atoms with Gasteiger partial charge < -0.3 is 15.5 Å². The second-order valence-electron chi connectivity index (χ2n) is 5.73. The highest BCUT2D eigenvalue weighted by molar-refractivity contribution is 5.82. The van der Waals surface area contributed by atoms with E-state index in [1.165, 1.54) is 0 Å². The van der Waals surface area contributed by atoms with E-state index in [-0.39, 0.29) is 0 Å². The summed E-state index contributed by atoms with van der Waals surface area (Å²) >= 11 is 0. The van der Waals surface area contributed by atoms with Crippen LogP contribution in [0.3, 0.4) is 0 Å². The van der Waals surface area contributed by atoms with Gasteiger partial charge in [-0.05, 0) is 18.2 Å². The molecule has 0 spiro atoms. The summed E-state index contributed by atoms with van der Waals surface area (Å²) in [5.41, 5.74) is 11.0. The van der Waals surface area contributed by atoms with Gasteiger partial charge in [-0.25, -0.2) is 9.97 Å². The smallest absolute Gasteiger partial charge is 0.236 e. The molecule has 0 aliphatic rings. The number of benzene rings is 1. The molecule has 0 saturated carbocycles. The molecule has 6 heteroatoms. The summed E-state index contributed by atoms with van der Waals surface area (Å²) in [5, 5.41) is 0. The first-order chi connectivity index (χ1) is 12.8. The van der Waals surface area contributed by atoms with E-state index in [1.807, 2.05) is 48.5 Å². The van der Waals surface area contributed by atoms with Crippen molar-refractivity contribution in [3.8, 4) is 39.8 Å². The number of nitrogen functional groups attached to an aromatic ring is 1. The Hall–Kier alpha value is -3.67. The molecule has 3 N–H and O–H groups in total. The molecule has 4 aromatic rings. The van der Waals surface area contributed by atoms with E-state index in [4.69, 9.17) is 15.5 Å². The van der Waals surface area contributed by atoms with E-state index in [1.54, 1.807) is 25.7 Å². The molecule has 3 aromatic heterocycles. The lowest BCUT2D eigenvalue weighted by Crippen LogP contribution is -1.96. The molecule has 26 heavy (non-hydrogen) atoms. The van der Waals surface area contributed by atoms with Gasteiger partial charge in [-0.15, -0.1) is 0 Å². The lowest BCUT2D eigenvalue weighted by Gasteiger charge is -2.06. The van der Waals surface area contributed by atoms with Crippen LogP contribution < -0.4 is 10.5 Å². The topological polar surface area (TPSA) is 89.7 Å². The number of rotatable bonds is 4. The first-order valence-corrected chi connectivity index (χ1v) is 8.12. The minimum absolute atomic E-state index is 0.401. The zero-order chi connectivity index (χ0) is 17.9. The van der Waals surface area contributed by atoms with Gasteiger partial charge >= 0.3 is 0 Å². The number of aromatic amines is 1. The molecule has 0 radical (unpaired) electrons. The number of H-pyrrole nitrogens is 1. The van der Waals surface area contributed by atoms with Gasteiger partial charge in [0.15, 0.2) is 0 Å². The average Bonchev–Trinajstić information content (AvgIpc) is 3.15. The maximum absolute atomic E-state index is 6.04. The molecule has 0 fully saturated rings. The zero-order valence-corrected chi connectivity index (χ0v) is 14.2. The molecule has 4 rings (SSSR count). The van der Waals surface area contributed by atoms with Crippen LogP contribution in [0.5, 0.6) is 5.88 Å². The molecule has 0 aliphatic heterocycles. The van der Waals surface area contributed by atoms with Crippen LogP contribution >= 0.6 is 0 Å². The first-order valence-electron chi connectivity index (χ1n) is 8.12. The molecule has 0 bridgehead atoms. The summed E-state index contributed by atoms with van der Waals surface area (Å²) in [5.74, 6) is 1.18. The van der Waals surface area contributed by atoms with Crippen LogP contribution in [0.2, 0.25) is 0 Å².